The van der Waals surface area contributed by atoms with Crippen LogP contribution >= 0.6 is 0 Å². The van der Waals surface area contributed by atoms with Gasteiger partial charge in [0.15, 0.2) is 11.4 Å². The third-order valence-corrected chi connectivity index (χ3v) is 19.3. The lowest BCUT2D eigenvalue weighted by Crippen LogP contribution is -2.24. The normalized spacial score (nSPS) is 13.3. The molecule has 0 bridgehead atoms. The molecule has 0 unspecified atom stereocenters. The smallest absolute Gasteiger partial charge is 0.303 e. The van der Waals surface area contributed by atoms with Crippen molar-refractivity contribution in [2.45, 2.75) is 148 Å². The van der Waals surface area contributed by atoms with E-state index in [1.807, 2.05) is 122 Å². The molecule has 0 spiro atoms. The highest BCUT2D eigenvalue weighted by molar-refractivity contribution is 7.86. The number of nitrogens with one attached hydrogen (secondary N) is 2. The Balaban J connectivity index is 1.17. The Hall–Kier alpha value is -8.21. The molecule has 0 aliphatic rings. The van der Waals surface area contributed by atoms with Crippen molar-refractivity contribution < 1.29 is 80.5 Å². The summed E-state index contributed by atoms with van der Waals surface area (Å²) in [6.45, 7) is 19.0. The molecule has 22 nitrogen and oxygen atoms in total. The Morgan fingerprint density at radius 3 is 1.45 bits per heavy atom. The molecule has 0 atom stereocenters. The number of nitrogens with zero attached hydrogens (tertiary/aromatic N) is 4. The summed E-state index contributed by atoms with van der Waals surface area (Å²) >= 11 is 0. The van der Waals surface area contributed by atoms with Crippen LogP contribution in [0.2, 0.25) is 0 Å². The van der Waals surface area contributed by atoms with Crippen LogP contribution in [0.4, 0.5) is 22.7 Å². The number of hydrogen-bond donors (Lipinski definition) is 7. The summed E-state index contributed by atoms with van der Waals surface area (Å²) in [7, 11) is -17.5. The highest BCUT2D eigenvalue weighted by Gasteiger charge is 2.22. The van der Waals surface area contributed by atoms with E-state index in [-0.39, 0.29) is 65.4 Å². The molecule has 0 fully saturated rings. The maximum atomic E-state index is 13.4. The summed E-state index contributed by atoms with van der Waals surface area (Å²) < 4.78 is 137. The van der Waals surface area contributed by atoms with Gasteiger partial charge in [-0.1, -0.05) is 55.3 Å². The summed E-state index contributed by atoms with van der Waals surface area (Å²) in [5, 5.41) is 15.0. The SMILES string of the molecule is CC\[N+](=C(C)/C=C/C=C/C=C(\C)N(CCCCCC(=O)NCc1ccc(C(=O)NCc2ccc(/[N+](CCCS(=O)(=O)O)=C(C)/C=C/C=C(\C)N(CCCCCC(=O)O)c3ccc(S(=O)(=O)O)cc3C)c(C)c2)cc1)c1ccc(S(=O)(=O)O)cc1C)c1ccc(S(=O)(=O)O)cc1C. The molecule has 26 heteroatoms. The van der Waals surface area contributed by atoms with Crippen molar-refractivity contribution >= 4 is 92.4 Å². The van der Waals surface area contributed by atoms with E-state index in [0.29, 0.717) is 86.1 Å². The molecule has 5 aromatic carbocycles. The van der Waals surface area contributed by atoms with Crippen molar-refractivity contribution in [2.24, 2.45) is 0 Å². The van der Waals surface area contributed by atoms with Crippen LogP contribution in [0.1, 0.15) is 136 Å². The molecule has 0 saturated heterocycles. The van der Waals surface area contributed by atoms with Crippen molar-refractivity contribution in [1.29, 1.82) is 0 Å². The molecular formula is C70H90N6O16S4+2. The lowest BCUT2D eigenvalue weighted by Gasteiger charge is -2.27. The van der Waals surface area contributed by atoms with E-state index in [2.05, 4.69) is 15.5 Å². The van der Waals surface area contributed by atoms with Crippen LogP contribution in [0.25, 0.3) is 0 Å². The van der Waals surface area contributed by atoms with Gasteiger partial charge >= 0.3 is 5.97 Å². The van der Waals surface area contributed by atoms with E-state index >= 15 is 0 Å². The van der Waals surface area contributed by atoms with Crippen LogP contribution < -0.4 is 20.4 Å². The number of carbonyl (C=O) groups is 3. The highest BCUT2D eigenvalue weighted by atomic mass is 32.2. The molecule has 0 aliphatic heterocycles. The monoisotopic (exact) mass is 1400 g/mol. The number of carboxylic acid groups (broad SMARTS) is 1. The van der Waals surface area contributed by atoms with Crippen molar-refractivity contribution in [2.75, 3.05) is 41.7 Å². The van der Waals surface area contributed by atoms with Gasteiger partial charge in [-0.25, -0.2) is 0 Å². The Labute approximate surface area is 565 Å². The van der Waals surface area contributed by atoms with E-state index < -0.39 is 52.2 Å². The van der Waals surface area contributed by atoms with Gasteiger partial charge in [-0.2, -0.15) is 42.8 Å². The van der Waals surface area contributed by atoms with Gasteiger partial charge in [-0.15, -0.1) is 0 Å². The average molecular weight is 1400 g/mol. The standard InChI is InChI=1S/C70H88N6O16S4/c1-10-73(64-37-33-61(45-51(64)3)94(84,85)86)54(6)22-14-11-15-23-55(7)74(66-38-34-62(46-52(66)4)95(87,88)89)40-18-12-16-26-68(77)71-48-58-28-31-60(32-29-58)70(80)72-49-59-30-36-65(50(2)44-59)76(42-21-43-93(81,82)83)57(9)25-20-24-56(8)75(41-19-13-17-27-69(78)79)67-39-35-63(47-53(67)5)96(90,91)92/h11,14-15,20,22-25,28-39,44-47H,10,12-13,16-19,21,26-27,40-43,48-49H2,1-9H3,(H5-2,71,72,77,78,79,80,81,82,83,84,85,86,87,88,89,90,91,92)/p+2. The van der Waals surface area contributed by atoms with E-state index in [0.717, 1.165) is 56.6 Å². The first kappa shape index (κ1) is 78.5. The first-order valence-electron chi connectivity index (χ1n) is 31.4. The Morgan fingerprint density at radius 2 is 0.948 bits per heavy atom. The van der Waals surface area contributed by atoms with Crippen molar-refractivity contribution in [3.63, 3.8) is 0 Å². The van der Waals surface area contributed by atoms with E-state index in [1.54, 1.807) is 63.2 Å². The Bertz CT molecular complexity index is 4330. The second-order valence-electron chi connectivity index (χ2n) is 23.4. The highest BCUT2D eigenvalue weighted by Crippen LogP contribution is 2.30. The summed E-state index contributed by atoms with van der Waals surface area (Å²) in [6, 6.07) is 25.8. The topological polar surface area (TPSA) is 325 Å². The van der Waals surface area contributed by atoms with Crippen molar-refractivity contribution in [3.05, 3.63) is 196 Å². The van der Waals surface area contributed by atoms with Gasteiger partial charge in [-0.05, 0) is 175 Å². The molecule has 2 amide bonds. The van der Waals surface area contributed by atoms with Crippen molar-refractivity contribution in [3.8, 4) is 0 Å². The first-order valence-corrected chi connectivity index (χ1v) is 37.3. The number of benzene rings is 5. The van der Waals surface area contributed by atoms with Crippen LogP contribution in [-0.4, -0.2) is 127 Å². The molecule has 0 aliphatic carbocycles. The van der Waals surface area contributed by atoms with Gasteiger partial charge in [0.2, 0.25) is 17.3 Å². The predicted molar refractivity (Wildman–Crippen MR) is 375 cm³/mol. The number of rotatable bonds is 36. The third kappa shape index (κ3) is 25.1. The molecule has 518 valence electrons. The van der Waals surface area contributed by atoms with E-state index in [1.165, 1.54) is 36.4 Å². The maximum Gasteiger partial charge on any atom is 0.303 e. The molecule has 7 N–H and O–H groups in total. The van der Waals surface area contributed by atoms with E-state index in [9.17, 15) is 66.3 Å². The molecule has 0 heterocycles. The number of hydrogen-bond acceptors (Lipinski definition) is 13. The fourth-order valence-electron chi connectivity index (χ4n) is 10.8. The first-order chi connectivity index (χ1) is 45.1. The third-order valence-electron chi connectivity index (χ3n) is 15.9. The summed E-state index contributed by atoms with van der Waals surface area (Å²) in [5.41, 5.74) is 11.0. The van der Waals surface area contributed by atoms with Gasteiger partial charge in [0.25, 0.3) is 46.4 Å². The quantitative estimate of drug-likeness (QED) is 0.00644. The molecular weight excluding hydrogens is 1310 g/mol. The van der Waals surface area contributed by atoms with Gasteiger partial charge in [0.05, 0.1) is 20.4 Å². The minimum Gasteiger partial charge on any atom is -0.481 e. The Morgan fingerprint density at radius 1 is 0.490 bits per heavy atom. The fraction of sp³-hybridized carbons (Fsp3) is 0.357. The second kappa shape index (κ2) is 36.2. The lowest BCUT2D eigenvalue weighted by molar-refractivity contribution is -0.440. The molecule has 0 saturated carbocycles. The van der Waals surface area contributed by atoms with Crippen LogP contribution in [0.15, 0.2) is 172 Å². The van der Waals surface area contributed by atoms with Crippen LogP contribution in [0, 0.1) is 27.7 Å². The van der Waals surface area contributed by atoms with Gasteiger partial charge in [-0.3, -0.25) is 32.6 Å². The van der Waals surface area contributed by atoms with Crippen LogP contribution in [0.5, 0.6) is 0 Å². The van der Waals surface area contributed by atoms with Gasteiger partial charge < -0.3 is 25.5 Å². The van der Waals surface area contributed by atoms with Crippen LogP contribution in [-0.2, 0) is 63.2 Å². The summed E-state index contributed by atoms with van der Waals surface area (Å²) in [4.78, 5) is 40.9. The van der Waals surface area contributed by atoms with E-state index in [4.69, 9.17) is 5.11 Å². The zero-order chi connectivity index (χ0) is 71.1. The number of unbranched alkanes of at least 4 members (excludes halogenated alkanes) is 4. The number of anilines is 2. The number of amides is 2. The second-order valence-corrected chi connectivity index (χ2v) is 29.2. The minimum atomic E-state index is -4.44. The molecule has 96 heavy (non-hydrogen) atoms. The minimum absolute atomic E-state index is 0.0383. The number of aryl methyl sites for hydroxylation is 4. The number of allylic oxidation sites excluding steroid dienone is 10. The Kier molecular flexibility index (Phi) is 29.6. The zero-order valence-corrected chi connectivity index (χ0v) is 59.1. The molecule has 0 aromatic heterocycles. The molecule has 0 radical (unpaired) electrons. The summed E-state index contributed by atoms with van der Waals surface area (Å²) in [5.74, 6) is -1.79. The fourth-order valence-corrected chi connectivity index (χ4v) is 13.0. The van der Waals surface area contributed by atoms with Gasteiger partial charge in [0, 0.05) is 123 Å². The van der Waals surface area contributed by atoms with Crippen LogP contribution in [0.3, 0.4) is 0 Å². The van der Waals surface area contributed by atoms with Gasteiger partial charge in [0.1, 0.15) is 13.1 Å². The van der Waals surface area contributed by atoms with Crippen molar-refractivity contribution in [1.82, 2.24) is 10.6 Å². The lowest BCUT2D eigenvalue weighted by atomic mass is 10.1. The summed E-state index contributed by atoms with van der Waals surface area (Å²) in [6.07, 6.45) is 19.2. The maximum absolute atomic E-state index is 13.4. The molecule has 5 rings (SSSR count). The number of carbonyl (C=O) groups excluding carboxylic acids is 2. The largest absolute Gasteiger partial charge is 0.481 e. The predicted octanol–water partition coefficient (Wildman–Crippen LogP) is 12.1. The molecule has 5 aromatic rings. The number of carboxylic acids is 1. The average Bonchev–Trinajstić information content (AvgIpc) is 0.843. The zero-order valence-electron chi connectivity index (χ0n) is 55.8. The number of aliphatic carboxylic acids is 1.